The average molecular weight is 300 g/mol. The van der Waals surface area contributed by atoms with Gasteiger partial charge < -0.3 is 0 Å². The minimum atomic E-state index is -0.305. The lowest BCUT2D eigenvalue weighted by molar-refractivity contribution is 0.612. The molecule has 0 saturated heterocycles. The molecule has 1 N–H and O–H groups in total. The molecule has 0 spiro atoms. The van der Waals surface area contributed by atoms with E-state index in [-0.39, 0.29) is 6.04 Å². The van der Waals surface area contributed by atoms with Crippen molar-refractivity contribution in [2.24, 2.45) is 5.11 Å². The molecule has 1 rings (SSSR count). The lowest BCUT2D eigenvalue weighted by Gasteiger charge is -2.09. The Bertz CT molecular complexity index is 418. The van der Waals surface area contributed by atoms with Crippen LogP contribution in [0, 0.1) is 11.3 Å². The molecule has 0 aliphatic heterocycles. The number of halogens is 1. The molecule has 5 nitrogen and oxygen atoms in total. The molecule has 16 heavy (non-hydrogen) atoms. The van der Waals surface area contributed by atoms with Crippen molar-refractivity contribution in [2.45, 2.75) is 12.5 Å². The zero-order chi connectivity index (χ0) is 11.8. The van der Waals surface area contributed by atoms with Crippen LogP contribution in [0.4, 0.5) is 0 Å². The van der Waals surface area contributed by atoms with Crippen LogP contribution in [0.1, 0.15) is 17.3 Å². The fourth-order valence-corrected chi connectivity index (χ4v) is 2.77. The third kappa shape index (κ3) is 3.83. The van der Waals surface area contributed by atoms with Crippen molar-refractivity contribution < 1.29 is 0 Å². The second-order valence-corrected chi connectivity index (χ2v) is 4.76. The maximum atomic E-state index is 9.02. The van der Waals surface area contributed by atoms with Gasteiger partial charge in [-0.05, 0) is 45.9 Å². The molecule has 0 amide bonds. The normalized spacial score (nSPS) is 11.5. The number of rotatable bonds is 6. The summed E-state index contributed by atoms with van der Waals surface area (Å²) >= 11 is 4.93. The van der Waals surface area contributed by atoms with E-state index in [2.05, 4.69) is 37.3 Å². The number of nitrogens with one attached hydrogen (secondary N) is 1. The van der Waals surface area contributed by atoms with Crippen molar-refractivity contribution in [2.75, 3.05) is 13.1 Å². The third-order valence-corrected chi connectivity index (χ3v) is 3.82. The summed E-state index contributed by atoms with van der Waals surface area (Å²) in [6.45, 7) is 1.11. The minimum Gasteiger partial charge on any atom is -0.297 e. The minimum absolute atomic E-state index is 0.305. The number of hydrogen-bond acceptors (Lipinski definition) is 4. The van der Waals surface area contributed by atoms with E-state index in [1.54, 1.807) is 0 Å². The number of thiophene rings is 1. The first-order valence-electron chi connectivity index (χ1n) is 4.66. The second kappa shape index (κ2) is 7.25. The van der Waals surface area contributed by atoms with E-state index in [1.807, 2.05) is 11.4 Å². The van der Waals surface area contributed by atoms with E-state index in [1.165, 1.54) is 11.3 Å². The van der Waals surface area contributed by atoms with E-state index in [0.29, 0.717) is 13.1 Å². The van der Waals surface area contributed by atoms with Gasteiger partial charge in [0.15, 0.2) is 0 Å². The maximum Gasteiger partial charge on any atom is 0.131 e. The molecule has 0 fully saturated rings. The van der Waals surface area contributed by atoms with Crippen molar-refractivity contribution in [3.8, 4) is 6.07 Å². The molecule has 84 valence electrons. The molecule has 1 aromatic heterocycles. The molecular weight excluding hydrogens is 290 g/mol. The van der Waals surface area contributed by atoms with Crippen LogP contribution >= 0.6 is 27.3 Å². The summed E-state index contributed by atoms with van der Waals surface area (Å²) in [5.41, 5.74) is 8.09. The van der Waals surface area contributed by atoms with E-state index in [9.17, 15) is 0 Å². The number of nitrogens with zero attached hydrogens (tertiary/aromatic N) is 4. The number of azide groups is 1. The summed E-state index contributed by atoms with van der Waals surface area (Å²) in [7, 11) is 0. The highest BCUT2D eigenvalue weighted by molar-refractivity contribution is 9.10. The molecule has 0 aliphatic carbocycles. The topological polar surface area (TPSA) is 84.6 Å². The van der Waals surface area contributed by atoms with Crippen molar-refractivity contribution in [3.05, 3.63) is 31.2 Å². The van der Waals surface area contributed by atoms with E-state index in [0.717, 1.165) is 15.8 Å². The molecule has 0 radical (unpaired) electrons. The summed E-state index contributed by atoms with van der Waals surface area (Å²) in [6, 6.07) is 3.82. The predicted molar refractivity (Wildman–Crippen MR) is 67.0 cm³/mol. The highest BCUT2D eigenvalue weighted by Gasteiger charge is 2.13. The lowest BCUT2D eigenvalue weighted by atomic mass is 10.2. The van der Waals surface area contributed by atoms with Crippen LogP contribution < -0.4 is 5.32 Å². The van der Waals surface area contributed by atoms with Gasteiger partial charge >= 0.3 is 0 Å². The molecule has 1 heterocycles. The van der Waals surface area contributed by atoms with Gasteiger partial charge in [0, 0.05) is 15.9 Å². The van der Waals surface area contributed by atoms with Crippen molar-refractivity contribution in [1.29, 1.82) is 5.26 Å². The largest absolute Gasteiger partial charge is 0.297 e. The monoisotopic (exact) mass is 299 g/mol. The maximum absolute atomic E-state index is 9.02. The molecular formula is C9H10BrN5S. The van der Waals surface area contributed by atoms with Crippen LogP contribution in [0.25, 0.3) is 10.4 Å². The standard InChI is InChI=1S/C9H10BrN5S/c10-7-2-5-16-9(7)8(6-11)13-3-1-4-14-15-12/h2,5,8,13H,1,3-4H2. The molecule has 1 atom stereocenters. The summed E-state index contributed by atoms with van der Waals surface area (Å²) < 4.78 is 0.951. The fraction of sp³-hybridized carbons (Fsp3) is 0.444. The molecule has 0 aliphatic rings. The molecule has 0 bridgehead atoms. The fourth-order valence-electron chi connectivity index (χ4n) is 1.15. The Hall–Kier alpha value is -1.06. The Balaban J connectivity index is 2.42. The van der Waals surface area contributed by atoms with Crippen molar-refractivity contribution >= 4 is 27.3 Å². The average Bonchev–Trinajstić information content (AvgIpc) is 2.70. The molecule has 0 saturated carbocycles. The first-order chi connectivity index (χ1) is 7.79. The van der Waals surface area contributed by atoms with Gasteiger partial charge in [-0.3, -0.25) is 5.32 Å². The number of nitriles is 1. The highest BCUT2D eigenvalue weighted by Crippen LogP contribution is 2.28. The van der Waals surface area contributed by atoms with Crippen LogP contribution in [0.15, 0.2) is 21.0 Å². The van der Waals surface area contributed by atoms with Crippen LogP contribution in [-0.4, -0.2) is 13.1 Å². The lowest BCUT2D eigenvalue weighted by Crippen LogP contribution is -2.21. The zero-order valence-corrected chi connectivity index (χ0v) is 10.8. The van der Waals surface area contributed by atoms with E-state index >= 15 is 0 Å². The van der Waals surface area contributed by atoms with Crippen LogP contribution in [-0.2, 0) is 0 Å². The van der Waals surface area contributed by atoms with E-state index in [4.69, 9.17) is 10.8 Å². The first-order valence-corrected chi connectivity index (χ1v) is 6.33. The third-order valence-electron chi connectivity index (χ3n) is 1.88. The van der Waals surface area contributed by atoms with Gasteiger partial charge in [-0.15, -0.1) is 11.3 Å². The van der Waals surface area contributed by atoms with Gasteiger partial charge in [-0.1, -0.05) is 5.11 Å². The Morgan fingerprint density at radius 2 is 2.56 bits per heavy atom. The number of hydrogen-bond donors (Lipinski definition) is 1. The Morgan fingerprint density at radius 3 is 3.12 bits per heavy atom. The summed E-state index contributed by atoms with van der Waals surface area (Å²) in [5.74, 6) is 0. The van der Waals surface area contributed by atoms with Crippen LogP contribution in [0.3, 0.4) is 0 Å². The van der Waals surface area contributed by atoms with Gasteiger partial charge in [0.2, 0.25) is 0 Å². The van der Waals surface area contributed by atoms with Gasteiger partial charge in [-0.25, -0.2) is 0 Å². The van der Waals surface area contributed by atoms with E-state index < -0.39 is 0 Å². The zero-order valence-electron chi connectivity index (χ0n) is 8.43. The molecule has 7 heteroatoms. The van der Waals surface area contributed by atoms with Crippen molar-refractivity contribution in [1.82, 2.24) is 5.32 Å². The van der Waals surface area contributed by atoms with Gasteiger partial charge in [-0.2, -0.15) is 5.26 Å². The molecule has 1 unspecified atom stereocenters. The SMILES string of the molecule is N#CC(NCCCN=[N+]=[N-])c1sccc1Br. The van der Waals surface area contributed by atoms with Gasteiger partial charge in [0.25, 0.3) is 0 Å². The van der Waals surface area contributed by atoms with Crippen LogP contribution in [0.2, 0.25) is 0 Å². The van der Waals surface area contributed by atoms with Crippen LogP contribution in [0.5, 0.6) is 0 Å². The van der Waals surface area contributed by atoms with Crippen molar-refractivity contribution in [3.63, 3.8) is 0 Å². The predicted octanol–water partition coefficient (Wildman–Crippen LogP) is 3.37. The quantitative estimate of drug-likeness (QED) is 0.378. The van der Waals surface area contributed by atoms with Gasteiger partial charge in [0.1, 0.15) is 6.04 Å². The summed E-state index contributed by atoms with van der Waals surface area (Å²) in [4.78, 5) is 3.64. The smallest absolute Gasteiger partial charge is 0.131 e. The highest BCUT2D eigenvalue weighted by atomic mass is 79.9. The molecule has 1 aromatic rings. The Morgan fingerprint density at radius 1 is 1.75 bits per heavy atom. The van der Waals surface area contributed by atoms with Gasteiger partial charge in [0.05, 0.1) is 10.9 Å². The summed E-state index contributed by atoms with van der Waals surface area (Å²) in [6.07, 6.45) is 0.727. The molecule has 0 aromatic carbocycles. The Kier molecular flexibility index (Phi) is 5.90. The second-order valence-electron chi connectivity index (χ2n) is 2.96. The first kappa shape index (κ1) is 13.0. The Labute approximate surface area is 106 Å². The summed E-state index contributed by atoms with van der Waals surface area (Å²) in [5, 5.41) is 17.5.